The van der Waals surface area contributed by atoms with Gasteiger partial charge in [-0.05, 0) is 37.2 Å². The van der Waals surface area contributed by atoms with E-state index in [9.17, 15) is 14.0 Å². The standard InChI is InChI=1S/C19H16ClFN2O2S/c20-15-8-12(2-3-16(15)21)14-11-26-18-13(9-22-4-1-5-22)10-23(6-7-24)19(25)17(14)18/h2-3,7-8,10-11H,1,4-6,9H2. The zero-order chi connectivity index (χ0) is 18.3. The van der Waals surface area contributed by atoms with Gasteiger partial charge in [-0.25, -0.2) is 4.39 Å². The molecule has 7 heteroatoms. The first kappa shape index (κ1) is 17.4. The second-order valence-corrected chi connectivity index (χ2v) is 7.68. The lowest BCUT2D eigenvalue weighted by Gasteiger charge is -2.30. The summed E-state index contributed by atoms with van der Waals surface area (Å²) in [6.45, 7) is 2.85. The van der Waals surface area contributed by atoms with Crippen molar-refractivity contribution < 1.29 is 9.18 Å². The first-order chi connectivity index (χ1) is 12.6. The SMILES string of the molecule is O=CCn1cc(CN2CCC2)c2scc(-c3ccc(F)c(Cl)c3)c2c1=O. The van der Waals surface area contributed by atoms with Crippen molar-refractivity contribution in [2.75, 3.05) is 13.1 Å². The number of aromatic nitrogens is 1. The van der Waals surface area contributed by atoms with Crippen LogP contribution in [0.5, 0.6) is 0 Å². The molecule has 3 aromatic rings. The molecule has 0 amide bonds. The molecule has 1 saturated heterocycles. The Bertz CT molecular complexity index is 1060. The van der Waals surface area contributed by atoms with Crippen LogP contribution in [0, 0.1) is 5.82 Å². The number of carbonyl (C=O) groups is 1. The van der Waals surface area contributed by atoms with Gasteiger partial charge in [0, 0.05) is 33.9 Å². The van der Waals surface area contributed by atoms with E-state index in [-0.39, 0.29) is 17.1 Å². The summed E-state index contributed by atoms with van der Waals surface area (Å²) in [6.07, 6.45) is 3.69. The smallest absolute Gasteiger partial charge is 0.260 e. The van der Waals surface area contributed by atoms with E-state index in [1.54, 1.807) is 12.3 Å². The summed E-state index contributed by atoms with van der Waals surface area (Å²) in [5, 5.41) is 2.49. The molecular formula is C19H16ClFN2O2S. The van der Waals surface area contributed by atoms with Crippen molar-refractivity contribution in [2.45, 2.75) is 19.5 Å². The number of hydrogen-bond donors (Lipinski definition) is 0. The molecule has 2 aromatic heterocycles. The number of thiophene rings is 1. The first-order valence-corrected chi connectivity index (χ1v) is 9.59. The van der Waals surface area contributed by atoms with Crippen molar-refractivity contribution in [3.05, 3.63) is 56.5 Å². The molecule has 0 aliphatic carbocycles. The van der Waals surface area contributed by atoms with E-state index in [1.807, 2.05) is 5.38 Å². The highest BCUT2D eigenvalue weighted by Crippen LogP contribution is 2.36. The summed E-state index contributed by atoms with van der Waals surface area (Å²) in [5.41, 5.74) is 2.24. The predicted octanol–water partition coefficient (Wildman–Crippen LogP) is 3.93. The molecule has 134 valence electrons. The highest BCUT2D eigenvalue weighted by atomic mass is 35.5. The van der Waals surface area contributed by atoms with E-state index in [0.717, 1.165) is 41.7 Å². The third-order valence-corrected chi connectivity index (χ3v) is 6.06. The second kappa shape index (κ2) is 6.95. The van der Waals surface area contributed by atoms with E-state index in [4.69, 9.17) is 11.6 Å². The van der Waals surface area contributed by atoms with E-state index in [2.05, 4.69) is 4.90 Å². The number of benzene rings is 1. The Balaban J connectivity index is 1.92. The van der Waals surface area contributed by atoms with Crippen molar-refractivity contribution in [1.82, 2.24) is 9.47 Å². The molecule has 26 heavy (non-hydrogen) atoms. The number of rotatable bonds is 5. The van der Waals surface area contributed by atoms with Crippen molar-refractivity contribution >= 4 is 39.3 Å². The molecule has 0 saturated carbocycles. The van der Waals surface area contributed by atoms with Crippen LogP contribution < -0.4 is 5.56 Å². The lowest BCUT2D eigenvalue weighted by Crippen LogP contribution is -2.36. The molecule has 0 spiro atoms. The van der Waals surface area contributed by atoms with E-state index in [0.29, 0.717) is 10.9 Å². The normalized spacial score (nSPS) is 14.5. The van der Waals surface area contributed by atoms with Gasteiger partial charge in [0.1, 0.15) is 12.1 Å². The summed E-state index contributed by atoms with van der Waals surface area (Å²) < 4.78 is 15.9. The van der Waals surface area contributed by atoms with Gasteiger partial charge in [-0.1, -0.05) is 17.7 Å². The Labute approximate surface area is 158 Å². The molecule has 0 N–H and O–H groups in total. The summed E-state index contributed by atoms with van der Waals surface area (Å²) in [5.74, 6) is -0.494. The highest BCUT2D eigenvalue weighted by molar-refractivity contribution is 7.18. The zero-order valence-corrected chi connectivity index (χ0v) is 15.4. The summed E-state index contributed by atoms with van der Waals surface area (Å²) in [6, 6.07) is 4.45. The van der Waals surface area contributed by atoms with Gasteiger partial charge >= 0.3 is 0 Å². The highest BCUT2D eigenvalue weighted by Gasteiger charge is 2.20. The minimum Gasteiger partial charge on any atom is -0.307 e. The minimum absolute atomic E-state index is 0.0151. The molecule has 1 aliphatic heterocycles. The molecule has 1 fully saturated rings. The summed E-state index contributed by atoms with van der Waals surface area (Å²) in [7, 11) is 0. The van der Waals surface area contributed by atoms with E-state index < -0.39 is 5.82 Å². The van der Waals surface area contributed by atoms with Crippen LogP contribution in [0.3, 0.4) is 0 Å². The van der Waals surface area contributed by atoms with Crippen molar-refractivity contribution in [3.63, 3.8) is 0 Å². The minimum atomic E-state index is -0.494. The van der Waals surface area contributed by atoms with E-state index >= 15 is 0 Å². The number of aldehydes is 1. The Morgan fingerprint density at radius 2 is 2.12 bits per heavy atom. The molecule has 3 heterocycles. The number of halogens is 2. The quantitative estimate of drug-likeness (QED) is 0.620. The summed E-state index contributed by atoms with van der Waals surface area (Å²) in [4.78, 5) is 26.3. The van der Waals surface area contributed by atoms with Crippen molar-refractivity contribution in [1.29, 1.82) is 0 Å². The monoisotopic (exact) mass is 390 g/mol. The molecule has 0 atom stereocenters. The maximum atomic E-state index is 13.5. The molecule has 1 aromatic carbocycles. The lowest BCUT2D eigenvalue weighted by atomic mass is 10.0. The maximum absolute atomic E-state index is 13.5. The van der Waals surface area contributed by atoms with Gasteiger partial charge in [0.2, 0.25) is 0 Å². The molecular weight excluding hydrogens is 375 g/mol. The number of fused-ring (bicyclic) bond motifs is 1. The van der Waals surface area contributed by atoms with Crippen LogP contribution in [0.25, 0.3) is 21.2 Å². The summed E-state index contributed by atoms with van der Waals surface area (Å²) >= 11 is 7.42. The fourth-order valence-electron chi connectivity index (χ4n) is 3.24. The number of carbonyl (C=O) groups excluding carboxylic acids is 1. The molecule has 0 radical (unpaired) electrons. The van der Waals surface area contributed by atoms with Crippen LogP contribution in [0.15, 0.2) is 34.6 Å². The average molecular weight is 391 g/mol. The molecule has 0 bridgehead atoms. The molecule has 4 rings (SSSR count). The maximum Gasteiger partial charge on any atom is 0.260 e. The Morgan fingerprint density at radius 3 is 2.77 bits per heavy atom. The van der Waals surface area contributed by atoms with Crippen LogP contribution in [-0.2, 0) is 17.9 Å². The number of pyridine rings is 1. The molecule has 4 nitrogen and oxygen atoms in total. The van der Waals surface area contributed by atoms with Gasteiger partial charge in [0.15, 0.2) is 0 Å². The number of hydrogen-bond acceptors (Lipinski definition) is 4. The molecule has 0 unspecified atom stereocenters. The number of nitrogens with zero attached hydrogens (tertiary/aromatic N) is 2. The van der Waals surface area contributed by atoms with Gasteiger partial charge in [0.05, 0.1) is 17.0 Å². The van der Waals surface area contributed by atoms with Crippen molar-refractivity contribution in [3.8, 4) is 11.1 Å². The van der Waals surface area contributed by atoms with Crippen LogP contribution in [0.2, 0.25) is 5.02 Å². The topological polar surface area (TPSA) is 42.3 Å². The molecule has 1 aliphatic rings. The Hall–Kier alpha value is -2.02. The zero-order valence-electron chi connectivity index (χ0n) is 13.9. The first-order valence-electron chi connectivity index (χ1n) is 8.33. The Morgan fingerprint density at radius 1 is 1.31 bits per heavy atom. The fourth-order valence-corrected chi connectivity index (χ4v) is 4.49. The van der Waals surface area contributed by atoms with Crippen LogP contribution in [0.1, 0.15) is 12.0 Å². The average Bonchev–Trinajstić information content (AvgIpc) is 3.03. The van der Waals surface area contributed by atoms with Crippen LogP contribution in [0.4, 0.5) is 4.39 Å². The van der Waals surface area contributed by atoms with Crippen LogP contribution >= 0.6 is 22.9 Å². The van der Waals surface area contributed by atoms with Gasteiger partial charge in [-0.2, -0.15) is 0 Å². The third kappa shape index (κ3) is 2.98. The van der Waals surface area contributed by atoms with Crippen LogP contribution in [-0.4, -0.2) is 28.8 Å². The fraction of sp³-hybridized carbons (Fsp3) is 0.263. The van der Waals surface area contributed by atoms with E-state index in [1.165, 1.54) is 34.5 Å². The Kier molecular flexibility index (Phi) is 4.65. The largest absolute Gasteiger partial charge is 0.307 e. The van der Waals surface area contributed by atoms with Crippen molar-refractivity contribution in [2.24, 2.45) is 0 Å². The van der Waals surface area contributed by atoms with Gasteiger partial charge in [-0.15, -0.1) is 11.3 Å². The third-order valence-electron chi connectivity index (χ3n) is 4.71. The lowest BCUT2D eigenvalue weighted by molar-refractivity contribution is -0.108. The van der Waals surface area contributed by atoms with Gasteiger partial charge in [0.25, 0.3) is 5.56 Å². The van der Waals surface area contributed by atoms with Gasteiger partial charge < -0.3 is 9.36 Å². The second-order valence-electron chi connectivity index (χ2n) is 6.39. The number of likely N-dealkylation sites (tertiary alicyclic amines) is 1. The van der Waals surface area contributed by atoms with Gasteiger partial charge in [-0.3, -0.25) is 9.69 Å². The predicted molar refractivity (Wildman–Crippen MR) is 102 cm³/mol.